The summed E-state index contributed by atoms with van der Waals surface area (Å²) < 4.78 is 11.1. The molecule has 5 heteroatoms. The predicted octanol–water partition coefficient (Wildman–Crippen LogP) is 0.296. The van der Waals surface area contributed by atoms with Crippen LogP contribution in [0.3, 0.4) is 0 Å². The van der Waals surface area contributed by atoms with Crippen molar-refractivity contribution >= 4 is 5.91 Å². The molecule has 3 unspecified atom stereocenters. The molecule has 5 nitrogen and oxygen atoms in total. The lowest BCUT2D eigenvalue weighted by Gasteiger charge is -2.23. The zero-order valence-electron chi connectivity index (χ0n) is 11.1. The van der Waals surface area contributed by atoms with Gasteiger partial charge in [-0.15, -0.1) is 0 Å². The van der Waals surface area contributed by atoms with Crippen LogP contribution in [0.4, 0.5) is 0 Å². The third-order valence-corrected chi connectivity index (χ3v) is 3.73. The maximum absolute atomic E-state index is 11.8. The average molecular weight is 256 g/mol. The van der Waals surface area contributed by atoms with Gasteiger partial charge in [0.1, 0.15) is 0 Å². The Balaban J connectivity index is 1.64. The average Bonchev–Trinajstić information content (AvgIpc) is 2.85. The molecule has 0 aromatic carbocycles. The Morgan fingerprint density at radius 3 is 3.00 bits per heavy atom. The molecule has 1 amide bonds. The van der Waals surface area contributed by atoms with Crippen LogP contribution in [0.15, 0.2) is 0 Å². The van der Waals surface area contributed by atoms with E-state index >= 15 is 0 Å². The second kappa shape index (κ2) is 7.07. The molecule has 0 aromatic heterocycles. The highest BCUT2D eigenvalue weighted by atomic mass is 16.5. The molecule has 2 aliphatic rings. The number of carbonyl (C=O) groups excluding carboxylic acids is 1. The predicted molar refractivity (Wildman–Crippen MR) is 68.4 cm³/mol. The van der Waals surface area contributed by atoms with Crippen LogP contribution < -0.4 is 10.6 Å². The Kier molecular flexibility index (Phi) is 5.41. The van der Waals surface area contributed by atoms with Crippen molar-refractivity contribution in [1.29, 1.82) is 0 Å². The van der Waals surface area contributed by atoms with Crippen LogP contribution in [-0.4, -0.2) is 51.0 Å². The molecule has 104 valence electrons. The van der Waals surface area contributed by atoms with Crippen molar-refractivity contribution in [1.82, 2.24) is 10.6 Å². The van der Waals surface area contributed by atoms with Gasteiger partial charge in [0.2, 0.25) is 5.91 Å². The van der Waals surface area contributed by atoms with Crippen molar-refractivity contribution in [2.75, 3.05) is 32.8 Å². The molecule has 2 rings (SSSR count). The van der Waals surface area contributed by atoms with Crippen LogP contribution in [0.5, 0.6) is 0 Å². The first-order valence-corrected chi connectivity index (χ1v) is 7.00. The maximum Gasteiger partial charge on any atom is 0.222 e. The number of rotatable bonds is 5. The highest BCUT2D eigenvalue weighted by Gasteiger charge is 2.27. The summed E-state index contributed by atoms with van der Waals surface area (Å²) in [5, 5.41) is 6.24. The van der Waals surface area contributed by atoms with Gasteiger partial charge in [-0.05, 0) is 12.8 Å². The van der Waals surface area contributed by atoms with E-state index in [9.17, 15) is 4.79 Å². The number of hydrogen-bond donors (Lipinski definition) is 2. The molecule has 2 heterocycles. The molecule has 0 radical (unpaired) electrons. The summed E-state index contributed by atoms with van der Waals surface area (Å²) in [6, 6.07) is 0. The summed E-state index contributed by atoms with van der Waals surface area (Å²) >= 11 is 0. The van der Waals surface area contributed by atoms with E-state index in [1.54, 1.807) is 0 Å². The van der Waals surface area contributed by atoms with Crippen LogP contribution in [0.25, 0.3) is 0 Å². The van der Waals surface area contributed by atoms with Crippen molar-refractivity contribution in [3.8, 4) is 0 Å². The van der Waals surface area contributed by atoms with E-state index in [1.165, 1.54) is 0 Å². The van der Waals surface area contributed by atoms with E-state index in [2.05, 4.69) is 17.6 Å². The van der Waals surface area contributed by atoms with Gasteiger partial charge in [0.15, 0.2) is 0 Å². The van der Waals surface area contributed by atoms with Crippen LogP contribution in [0.1, 0.15) is 26.2 Å². The minimum absolute atomic E-state index is 0.0283. The Labute approximate surface area is 109 Å². The normalized spacial score (nSPS) is 32.4. The van der Waals surface area contributed by atoms with Gasteiger partial charge in [0.05, 0.1) is 25.2 Å². The number of amides is 1. The van der Waals surface area contributed by atoms with Gasteiger partial charge < -0.3 is 20.1 Å². The van der Waals surface area contributed by atoms with Crippen LogP contribution in [0, 0.1) is 5.92 Å². The van der Waals surface area contributed by atoms with E-state index in [-0.39, 0.29) is 12.0 Å². The fraction of sp³-hybridized carbons (Fsp3) is 0.923. The first kappa shape index (κ1) is 13.8. The molecule has 2 aliphatic heterocycles. The summed E-state index contributed by atoms with van der Waals surface area (Å²) in [5.74, 6) is 0.565. The summed E-state index contributed by atoms with van der Waals surface area (Å²) in [6.45, 7) is 6.05. The quantitative estimate of drug-likeness (QED) is 0.742. The Morgan fingerprint density at radius 2 is 2.28 bits per heavy atom. The van der Waals surface area contributed by atoms with Gasteiger partial charge in [-0.25, -0.2) is 0 Å². The lowest BCUT2D eigenvalue weighted by Crippen LogP contribution is -2.42. The van der Waals surface area contributed by atoms with E-state index < -0.39 is 0 Å². The van der Waals surface area contributed by atoms with Crippen molar-refractivity contribution in [2.45, 2.75) is 38.4 Å². The van der Waals surface area contributed by atoms with Gasteiger partial charge in [-0.2, -0.15) is 0 Å². The monoisotopic (exact) mass is 256 g/mol. The summed E-state index contributed by atoms with van der Waals surface area (Å²) in [6.07, 6.45) is 2.88. The molecule has 3 atom stereocenters. The van der Waals surface area contributed by atoms with Gasteiger partial charge >= 0.3 is 0 Å². The number of nitrogens with one attached hydrogen (secondary N) is 2. The molecule has 0 aromatic rings. The molecular formula is C13H24N2O3. The van der Waals surface area contributed by atoms with Gasteiger partial charge in [0, 0.05) is 32.2 Å². The minimum Gasteiger partial charge on any atom is -0.378 e. The molecule has 18 heavy (non-hydrogen) atoms. The molecule has 2 N–H and O–H groups in total. The molecule has 2 saturated heterocycles. The van der Waals surface area contributed by atoms with E-state index in [0.717, 1.165) is 39.1 Å². The lowest BCUT2D eigenvalue weighted by molar-refractivity contribution is -0.124. The molecule has 0 aliphatic carbocycles. The zero-order chi connectivity index (χ0) is 12.8. The third kappa shape index (κ3) is 3.93. The summed E-state index contributed by atoms with van der Waals surface area (Å²) in [7, 11) is 0. The van der Waals surface area contributed by atoms with Crippen molar-refractivity contribution < 1.29 is 14.3 Å². The topological polar surface area (TPSA) is 59.6 Å². The molecular weight excluding hydrogens is 232 g/mol. The largest absolute Gasteiger partial charge is 0.378 e. The van der Waals surface area contributed by atoms with Crippen LogP contribution in [-0.2, 0) is 14.3 Å². The fourth-order valence-electron chi connectivity index (χ4n) is 2.65. The molecule has 0 spiro atoms. The van der Waals surface area contributed by atoms with E-state index in [0.29, 0.717) is 25.0 Å². The second-order valence-electron chi connectivity index (χ2n) is 5.07. The zero-order valence-corrected chi connectivity index (χ0v) is 11.1. The van der Waals surface area contributed by atoms with Crippen molar-refractivity contribution in [2.24, 2.45) is 5.92 Å². The van der Waals surface area contributed by atoms with E-state index in [4.69, 9.17) is 9.47 Å². The molecule has 2 fully saturated rings. The van der Waals surface area contributed by atoms with Gasteiger partial charge in [-0.1, -0.05) is 6.92 Å². The summed E-state index contributed by atoms with van der Waals surface area (Å²) in [5.41, 5.74) is 0. The first-order valence-electron chi connectivity index (χ1n) is 7.00. The fourth-order valence-corrected chi connectivity index (χ4v) is 2.65. The van der Waals surface area contributed by atoms with Crippen molar-refractivity contribution in [3.05, 3.63) is 0 Å². The minimum atomic E-state index is 0.0283. The highest BCUT2D eigenvalue weighted by Crippen LogP contribution is 2.22. The maximum atomic E-state index is 11.8. The molecule has 0 bridgehead atoms. The van der Waals surface area contributed by atoms with Gasteiger partial charge in [0.25, 0.3) is 0 Å². The van der Waals surface area contributed by atoms with Gasteiger partial charge in [-0.3, -0.25) is 4.79 Å². The SMILES string of the molecule is CCC1OCCC1CNC(=O)CC1CNCCO1. The number of hydrogen-bond acceptors (Lipinski definition) is 4. The Morgan fingerprint density at radius 1 is 1.39 bits per heavy atom. The summed E-state index contributed by atoms with van der Waals surface area (Å²) in [4.78, 5) is 11.8. The van der Waals surface area contributed by atoms with Crippen molar-refractivity contribution in [3.63, 3.8) is 0 Å². The number of carbonyl (C=O) groups is 1. The standard InChI is InChI=1S/C13H24N2O3/c1-2-12-10(3-5-18-12)8-15-13(16)7-11-9-14-4-6-17-11/h10-12,14H,2-9H2,1H3,(H,15,16). The Bertz CT molecular complexity index is 267. The Hall–Kier alpha value is -0.650. The third-order valence-electron chi connectivity index (χ3n) is 3.73. The second-order valence-corrected chi connectivity index (χ2v) is 5.07. The first-order chi connectivity index (χ1) is 8.79. The lowest BCUT2D eigenvalue weighted by atomic mass is 9.99. The highest BCUT2D eigenvalue weighted by molar-refractivity contribution is 5.76. The number of morpholine rings is 1. The van der Waals surface area contributed by atoms with E-state index in [1.807, 2.05) is 0 Å². The van der Waals surface area contributed by atoms with Crippen LogP contribution in [0.2, 0.25) is 0 Å². The molecule has 0 saturated carbocycles. The smallest absolute Gasteiger partial charge is 0.222 e. The number of ether oxygens (including phenoxy) is 2. The van der Waals surface area contributed by atoms with Crippen LogP contribution >= 0.6 is 0 Å².